The quantitative estimate of drug-likeness (QED) is 0.869. The van der Waals surface area contributed by atoms with Crippen LogP contribution in [-0.2, 0) is 6.54 Å². The fourth-order valence-electron chi connectivity index (χ4n) is 2.07. The van der Waals surface area contributed by atoms with Crippen LogP contribution < -0.4 is 0 Å². The van der Waals surface area contributed by atoms with Gasteiger partial charge in [0.15, 0.2) is 11.6 Å². The summed E-state index contributed by atoms with van der Waals surface area (Å²) in [5.41, 5.74) is 1.24. The smallest absolute Gasteiger partial charge is 0.261 e. The Bertz CT molecular complexity index is 629. The van der Waals surface area contributed by atoms with Crippen molar-refractivity contribution < 1.29 is 13.2 Å². The van der Waals surface area contributed by atoms with Crippen LogP contribution in [0.2, 0.25) is 0 Å². The number of pyridine rings is 1. The zero-order chi connectivity index (χ0) is 14.3. The normalized spacial score (nSPS) is 15.6. The van der Waals surface area contributed by atoms with Crippen molar-refractivity contribution in [3.05, 3.63) is 29.8 Å². The summed E-state index contributed by atoms with van der Waals surface area (Å²) in [6, 6.07) is 3.40. The van der Waals surface area contributed by atoms with Gasteiger partial charge in [-0.3, -0.25) is 4.98 Å². The molecule has 0 saturated heterocycles. The van der Waals surface area contributed by atoms with E-state index in [-0.39, 0.29) is 11.7 Å². The summed E-state index contributed by atoms with van der Waals surface area (Å²) in [4.78, 5) is 8.40. The maximum atomic E-state index is 12.7. The van der Waals surface area contributed by atoms with Crippen LogP contribution in [0.5, 0.6) is 0 Å². The molecule has 1 saturated carbocycles. The second-order valence-electron chi connectivity index (χ2n) is 4.98. The Labute approximate surface area is 113 Å². The molecule has 0 aliphatic heterocycles. The van der Waals surface area contributed by atoms with Gasteiger partial charge < -0.3 is 0 Å². The highest BCUT2D eigenvalue weighted by molar-refractivity contribution is 5.58. The van der Waals surface area contributed by atoms with Gasteiger partial charge in [0.1, 0.15) is 6.54 Å². The van der Waals surface area contributed by atoms with Gasteiger partial charge in [-0.1, -0.05) is 0 Å². The molecule has 0 amide bonds. The molecule has 2 aromatic heterocycles. The monoisotopic (exact) mass is 282 g/mol. The number of hydrogen-bond acceptors (Lipinski definition) is 3. The van der Waals surface area contributed by atoms with E-state index in [2.05, 4.69) is 15.1 Å². The molecule has 20 heavy (non-hydrogen) atoms. The van der Waals surface area contributed by atoms with Crippen molar-refractivity contribution in [2.24, 2.45) is 0 Å². The van der Waals surface area contributed by atoms with Gasteiger partial charge in [-0.2, -0.15) is 18.3 Å². The molecule has 0 N–H and O–H groups in total. The average Bonchev–Trinajstić information content (AvgIpc) is 3.12. The summed E-state index contributed by atoms with van der Waals surface area (Å²) in [6.07, 6.45) is -0.826. The standard InChI is InChI=1S/C13H13F3N4/c1-8-10(3-2-6-17-8)12-18-11(9-4-5-9)19-20(12)7-13(14,15)16/h2-3,6,9H,4-5,7H2,1H3. The van der Waals surface area contributed by atoms with E-state index in [1.165, 1.54) is 0 Å². The Morgan fingerprint density at radius 3 is 2.70 bits per heavy atom. The van der Waals surface area contributed by atoms with Gasteiger partial charge >= 0.3 is 6.18 Å². The largest absolute Gasteiger partial charge is 0.408 e. The van der Waals surface area contributed by atoms with Gasteiger partial charge in [0, 0.05) is 23.4 Å². The predicted octanol–water partition coefficient (Wildman–Crippen LogP) is 3.09. The summed E-state index contributed by atoms with van der Waals surface area (Å²) < 4.78 is 38.9. The van der Waals surface area contributed by atoms with Crippen LogP contribution in [0.15, 0.2) is 18.3 Å². The molecule has 0 spiro atoms. The molecule has 1 aliphatic rings. The molecule has 1 fully saturated rings. The molecule has 4 nitrogen and oxygen atoms in total. The number of aromatic nitrogens is 4. The SMILES string of the molecule is Cc1ncccc1-c1nc(C2CC2)nn1CC(F)(F)F. The van der Waals surface area contributed by atoms with E-state index in [9.17, 15) is 13.2 Å². The second kappa shape index (κ2) is 4.57. The average molecular weight is 282 g/mol. The lowest BCUT2D eigenvalue weighted by molar-refractivity contribution is -0.142. The Morgan fingerprint density at radius 2 is 2.10 bits per heavy atom. The predicted molar refractivity (Wildman–Crippen MR) is 66.0 cm³/mol. The first-order valence-electron chi connectivity index (χ1n) is 6.37. The third-order valence-corrected chi connectivity index (χ3v) is 3.21. The van der Waals surface area contributed by atoms with Crippen LogP contribution >= 0.6 is 0 Å². The van der Waals surface area contributed by atoms with Gasteiger partial charge in [0.05, 0.1) is 0 Å². The van der Waals surface area contributed by atoms with Crippen molar-refractivity contribution in [1.82, 2.24) is 19.7 Å². The van der Waals surface area contributed by atoms with Crippen molar-refractivity contribution >= 4 is 0 Å². The number of aryl methyl sites for hydroxylation is 1. The molecule has 3 rings (SSSR count). The molecular weight excluding hydrogens is 269 g/mol. The minimum atomic E-state index is -4.32. The molecule has 0 atom stereocenters. The molecule has 2 aromatic rings. The van der Waals surface area contributed by atoms with E-state index in [0.717, 1.165) is 17.5 Å². The maximum absolute atomic E-state index is 12.7. The highest BCUT2D eigenvalue weighted by atomic mass is 19.4. The molecule has 0 bridgehead atoms. The van der Waals surface area contributed by atoms with Crippen molar-refractivity contribution in [2.75, 3.05) is 0 Å². The van der Waals surface area contributed by atoms with Crippen molar-refractivity contribution in [3.63, 3.8) is 0 Å². The summed E-state index contributed by atoms with van der Waals surface area (Å²) in [6.45, 7) is 0.620. The molecular formula is C13H13F3N4. The van der Waals surface area contributed by atoms with Crippen LogP contribution in [0.25, 0.3) is 11.4 Å². The number of nitrogens with zero attached hydrogens (tertiary/aromatic N) is 4. The van der Waals surface area contributed by atoms with E-state index >= 15 is 0 Å². The topological polar surface area (TPSA) is 43.6 Å². The number of hydrogen-bond donors (Lipinski definition) is 0. The van der Waals surface area contributed by atoms with Gasteiger partial charge in [0.2, 0.25) is 0 Å². The first-order chi connectivity index (χ1) is 9.44. The van der Waals surface area contributed by atoms with Crippen LogP contribution in [0, 0.1) is 6.92 Å². The Morgan fingerprint density at radius 1 is 1.35 bits per heavy atom. The van der Waals surface area contributed by atoms with Crippen LogP contribution in [-0.4, -0.2) is 25.9 Å². The first kappa shape index (κ1) is 13.1. The van der Waals surface area contributed by atoms with Gasteiger partial charge in [-0.05, 0) is 31.9 Å². The summed E-state index contributed by atoms with van der Waals surface area (Å²) >= 11 is 0. The molecule has 106 valence electrons. The molecule has 7 heteroatoms. The third-order valence-electron chi connectivity index (χ3n) is 3.21. The lowest BCUT2D eigenvalue weighted by atomic mass is 10.2. The lowest BCUT2D eigenvalue weighted by Crippen LogP contribution is -2.19. The molecule has 1 aliphatic carbocycles. The maximum Gasteiger partial charge on any atom is 0.408 e. The minimum Gasteiger partial charge on any atom is -0.261 e. The number of halogens is 3. The lowest BCUT2D eigenvalue weighted by Gasteiger charge is -2.09. The zero-order valence-electron chi connectivity index (χ0n) is 10.9. The van der Waals surface area contributed by atoms with E-state index < -0.39 is 12.7 Å². The van der Waals surface area contributed by atoms with Crippen LogP contribution in [0.1, 0.15) is 30.3 Å². The fraction of sp³-hybridized carbons (Fsp3) is 0.462. The Hall–Kier alpha value is -1.92. The number of alkyl halides is 3. The van der Waals surface area contributed by atoms with Crippen LogP contribution in [0.4, 0.5) is 13.2 Å². The van der Waals surface area contributed by atoms with Gasteiger partial charge in [-0.15, -0.1) is 0 Å². The van der Waals surface area contributed by atoms with E-state index in [0.29, 0.717) is 17.1 Å². The van der Waals surface area contributed by atoms with Crippen molar-refractivity contribution in [1.29, 1.82) is 0 Å². The molecule has 0 unspecified atom stereocenters. The van der Waals surface area contributed by atoms with E-state index in [4.69, 9.17) is 0 Å². The van der Waals surface area contributed by atoms with Crippen LogP contribution in [0.3, 0.4) is 0 Å². The second-order valence-corrected chi connectivity index (χ2v) is 4.98. The number of rotatable bonds is 3. The minimum absolute atomic E-state index is 0.209. The van der Waals surface area contributed by atoms with Gasteiger partial charge in [-0.25, -0.2) is 9.67 Å². The van der Waals surface area contributed by atoms with E-state index in [1.54, 1.807) is 25.3 Å². The summed E-state index contributed by atoms with van der Waals surface area (Å²) in [5, 5.41) is 4.03. The molecule has 2 heterocycles. The zero-order valence-corrected chi connectivity index (χ0v) is 10.9. The van der Waals surface area contributed by atoms with Crippen molar-refractivity contribution in [3.8, 4) is 11.4 Å². The highest BCUT2D eigenvalue weighted by Gasteiger charge is 2.34. The Balaban J connectivity index is 2.06. The highest BCUT2D eigenvalue weighted by Crippen LogP contribution is 2.39. The Kier molecular flexibility index (Phi) is 2.99. The van der Waals surface area contributed by atoms with Crippen molar-refractivity contribution in [2.45, 2.75) is 38.4 Å². The molecule has 0 radical (unpaired) electrons. The van der Waals surface area contributed by atoms with Gasteiger partial charge in [0.25, 0.3) is 0 Å². The fourth-order valence-corrected chi connectivity index (χ4v) is 2.07. The summed E-state index contributed by atoms with van der Waals surface area (Å²) in [5.74, 6) is 0.961. The first-order valence-corrected chi connectivity index (χ1v) is 6.37. The third kappa shape index (κ3) is 2.66. The van der Waals surface area contributed by atoms with E-state index in [1.807, 2.05) is 0 Å². The summed E-state index contributed by atoms with van der Waals surface area (Å²) in [7, 11) is 0. The molecule has 0 aromatic carbocycles.